The van der Waals surface area contributed by atoms with E-state index in [2.05, 4.69) is 34.9 Å². The molecule has 0 bridgehead atoms. The average molecular weight is 479 g/mol. The minimum absolute atomic E-state index is 0.0331. The summed E-state index contributed by atoms with van der Waals surface area (Å²) in [5.41, 5.74) is 3.81. The summed E-state index contributed by atoms with van der Waals surface area (Å²) >= 11 is 0. The molecule has 0 aromatic heterocycles. The Morgan fingerprint density at radius 3 is 2.17 bits per heavy atom. The van der Waals surface area contributed by atoms with E-state index >= 15 is 0 Å². The molecule has 3 N–H and O–H groups in total. The Morgan fingerprint density at radius 2 is 1.57 bits per heavy atom. The van der Waals surface area contributed by atoms with Gasteiger partial charge in [0.1, 0.15) is 6.61 Å². The fourth-order valence-corrected chi connectivity index (χ4v) is 5.41. The van der Waals surface area contributed by atoms with Crippen LogP contribution >= 0.6 is 0 Å². The quantitative estimate of drug-likeness (QED) is 0.563. The summed E-state index contributed by atoms with van der Waals surface area (Å²) in [5.74, 6) is -1.42. The maximum Gasteiger partial charge on any atom is 0.407 e. The van der Waals surface area contributed by atoms with Crippen molar-refractivity contribution in [3.8, 4) is 11.1 Å². The molecule has 2 aromatic carbocycles. The molecule has 5 rings (SSSR count). The fourth-order valence-electron chi connectivity index (χ4n) is 5.41. The summed E-state index contributed by atoms with van der Waals surface area (Å²) in [6, 6.07) is 16.2. The molecule has 8 nitrogen and oxygen atoms in total. The Balaban J connectivity index is 1.19. The second kappa shape index (κ2) is 9.70. The number of nitrogens with one attached hydrogen (secondary N) is 2. The molecular formula is C27H30N2O6. The number of carboxylic acids is 1. The largest absolute Gasteiger partial charge is 0.481 e. The molecule has 2 fully saturated rings. The molecule has 2 aromatic rings. The predicted molar refractivity (Wildman–Crippen MR) is 128 cm³/mol. The molecular weight excluding hydrogens is 448 g/mol. The lowest BCUT2D eigenvalue weighted by Crippen LogP contribution is -2.56. The van der Waals surface area contributed by atoms with Crippen LogP contribution < -0.4 is 10.6 Å². The van der Waals surface area contributed by atoms with Crippen molar-refractivity contribution in [2.45, 2.75) is 37.6 Å². The highest BCUT2D eigenvalue weighted by molar-refractivity contribution is 5.84. The van der Waals surface area contributed by atoms with Crippen molar-refractivity contribution in [2.24, 2.45) is 11.3 Å². The van der Waals surface area contributed by atoms with Crippen LogP contribution in [0.1, 0.15) is 42.7 Å². The number of rotatable bonds is 7. The van der Waals surface area contributed by atoms with E-state index in [1.165, 1.54) is 0 Å². The van der Waals surface area contributed by atoms with Crippen molar-refractivity contribution in [2.75, 3.05) is 26.4 Å². The first-order valence-corrected chi connectivity index (χ1v) is 12.2. The molecule has 0 radical (unpaired) electrons. The molecule has 1 saturated heterocycles. The van der Waals surface area contributed by atoms with Crippen molar-refractivity contribution in [1.82, 2.24) is 10.6 Å². The number of fused-ring (bicyclic) bond motifs is 3. The van der Waals surface area contributed by atoms with Gasteiger partial charge in [0, 0.05) is 31.7 Å². The maximum atomic E-state index is 13.1. The second-order valence-corrected chi connectivity index (χ2v) is 9.75. The van der Waals surface area contributed by atoms with Crippen LogP contribution in [0.25, 0.3) is 11.1 Å². The molecule has 1 aliphatic heterocycles. The first kappa shape index (κ1) is 23.4. The Hall–Kier alpha value is -3.39. The fraction of sp³-hybridized carbons (Fsp3) is 0.444. The van der Waals surface area contributed by atoms with E-state index in [9.17, 15) is 14.4 Å². The van der Waals surface area contributed by atoms with Crippen LogP contribution in [0.2, 0.25) is 0 Å². The van der Waals surface area contributed by atoms with Gasteiger partial charge in [0.15, 0.2) is 0 Å². The first-order valence-electron chi connectivity index (χ1n) is 12.2. The van der Waals surface area contributed by atoms with E-state index in [-0.39, 0.29) is 31.0 Å². The van der Waals surface area contributed by atoms with Crippen LogP contribution in [0, 0.1) is 11.3 Å². The number of amides is 2. The van der Waals surface area contributed by atoms with Crippen LogP contribution in [0.3, 0.4) is 0 Å². The van der Waals surface area contributed by atoms with E-state index < -0.39 is 23.4 Å². The van der Waals surface area contributed by atoms with E-state index in [4.69, 9.17) is 14.6 Å². The van der Waals surface area contributed by atoms with Gasteiger partial charge in [-0.05, 0) is 47.9 Å². The van der Waals surface area contributed by atoms with Gasteiger partial charge in [0.25, 0.3) is 0 Å². The van der Waals surface area contributed by atoms with E-state index in [1.807, 2.05) is 24.3 Å². The standard InChI is InChI=1S/C27H30N2O6/c30-24(31)17-13-18(14-17)29-25(32)27(9-11-34-12-10-27)16-28-26(33)35-15-23-21-7-3-1-5-19(21)20-6-2-4-8-22(20)23/h1-8,17-18,23H,9-16H2,(H,28,33)(H,29,32)(H,30,31). The molecule has 2 amide bonds. The van der Waals surface area contributed by atoms with E-state index in [0.717, 1.165) is 22.3 Å². The Morgan fingerprint density at radius 1 is 0.971 bits per heavy atom. The van der Waals surface area contributed by atoms with Crippen LogP contribution in [-0.4, -0.2) is 55.5 Å². The minimum Gasteiger partial charge on any atom is -0.481 e. The molecule has 0 atom stereocenters. The Kier molecular flexibility index (Phi) is 6.47. The van der Waals surface area contributed by atoms with Crippen LogP contribution in [0.4, 0.5) is 4.79 Å². The molecule has 1 heterocycles. The van der Waals surface area contributed by atoms with E-state index in [1.54, 1.807) is 0 Å². The van der Waals surface area contributed by atoms with Gasteiger partial charge >= 0.3 is 12.1 Å². The number of aliphatic carboxylic acids is 1. The number of hydrogen-bond donors (Lipinski definition) is 3. The lowest BCUT2D eigenvalue weighted by Gasteiger charge is -2.40. The molecule has 2 aliphatic carbocycles. The maximum absolute atomic E-state index is 13.1. The topological polar surface area (TPSA) is 114 Å². The SMILES string of the molecule is O=C(NCC1(C(=O)NC2CC(C(=O)O)C2)CCOCC1)OCC1c2ccccc2-c2ccccc21. The highest BCUT2D eigenvalue weighted by Crippen LogP contribution is 2.44. The molecule has 184 valence electrons. The zero-order chi connectivity index (χ0) is 24.4. The summed E-state index contributed by atoms with van der Waals surface area (Å²) in [7, 11) is 0. The smallest absolute Gasteiger partial charge is 0.407 e. The normalized spacial score (nSPS) is 22.3. The van der Waals surface area contributed by atoms with Gasteiger partial charge in [-0.25, -0.2) is 4.79 Å². The third kappa shape index (κ3) is 4.62. The zero-order valence-corrected chi connectivity index (χ0v) is 19.5. The predicted octanol–water partition coefficient (Wildman–Crippen LogP) is 3.30. The summed E-state index contributed by atoms with van der Waals surface area (Å²) in [4.78, 5) is 36.9. The van der Waals surface area contributed by atoms with Gasteiger partial charge in [-0.2, -0.15) is 0 Å². The lowest BCUT2D eigenvalue weighted by atomic mass is 9.76. The first-order chi connectivity index (χ1) is 17.0. The third-order valence-electron chi connectivity index (χ3n) is 7.67. The highest BCUT2D eigenvalue weighted by Gasteiger charge is 2.44. The Bertz CT molecular complexity index is 1070. The molecule has 3 aliphatic rings. The van der Waals surface area contributed by atoms with E-state index in [0.29, 0.717) is 38.9 Å². The number of carboxylic acid groups (broad SMARTS) is 1. The van der Waals surface area contributed by atoms with Crippen molar-refractivity contribution in [3.63, 3.8) is 0 Å². The number of carbonyl (C=O) groups excluding carboxylic acids is 2. The monoisotopic (exact) mass is 478 g/mol. The van der Waals surface area contributed by atoms with Crippen LogP contribution in [0.5, 0.6) is 0 Å². The summed E-state index contributed by atoms with van der Waals surface area (Å²) in [6.45, 7) is 1.22. The van der Waals surface area contributed by atoms with Crippen molar-refractivity contribution in [1.29, 1.82) is 0 Å². The van der Waals surface area contributed by atoms with Crippen LogP contribution in [0.15, 0.2) is 48.5 Å². The Labute approximate surface area is 204 Å². The highest BCUT2D eigenvalue weighted by atomic mass is 16.5. The molecule has 8 heteroatoms. The number of ether oxygens (including phenoxy) is 2. The zero-order valence-electron chi connectivity index (χ0n) is 19.5. The molecule has 35 heavy (non-hydrogen) atoms. The van der Waals surface area contributed by atoms with Crippen LogP contribution in [-0.2, 0) is 19.1 Å². The number of carbonyl (C=O) groups is 3. The third-order valence-corrected chi connectivity index (χ3v) is 7.67. The van der Waals surface area contributed by atoms with Gasteiger partial charge in [-0.3, -0.25) is 9.59 Å². The molecule has 0 unspecified atom stereocenters. The van der Waals surface area contributed by atoms with Gasteiger partial charge in [0.05, 0.1) is 11.3 Å². The van der Waals surface area contributed by atoms with Gasteiger partial charge in [0.2, 0.25) is 5.91 Å². The molecule has 0 spiro atoms. The molecule has 1 saturated carbocycles. The van der Waals surface area contributed by atoms with Crippen molar-refractivity contribution in [3.05, 3.63) is 59.7 Å². The summed E-state index contributed by atoms with van der Waals surface area (Å²) in [5, 5.41) is 14.9. The summed E-state index contributed by atoms with van der Waals surface area (Å²) in [6.07, 6.45) is 1.29. The minimum atomic E-state index is -0.826. The number of hydrogen-bond acceptors (Lipinski definition) is 5. The van der Waals surface area contributed by atoms with Gasteiger partial charge in [-0.15, -0.1) is 0 Å². The van der Waals surface area contributed by atoms with Gasteiger partial charge < -0.3 is 25.2 Å². The summed E-state index contributed by atoms with van der Waals surface area (Å²) < 4.78 is 11.1. The number of alkyl carbamates (subject to hydrolysis) is 1. The lowest BCUT2D eigenvalue weighted by molar-refractivity contribution is -0.147. The average Bonchev–Trinajstić information content (AvgIpc) is 3.17. The van der Waals surface area contributed by atoms with Crippen molar-refractivity contribution >= 4 is 18.0 Å². The van der Waals surface area contributed by atoms with Gasteiger partial charge in [-0.1, -0.05) is 48.5 Å². The van der Waals surface area contributed by atoms with Crippen molar-refractivity contribution < 1.29 is 29.0 Å². The second-order valence-electron chi connectivity index (χ2n) is 9.75. The number of benzene rings is 2.